The molecule has 24 heavy (non-hydrogen) atoms. The van der Waals surface area contributed by atoms with Gasteiger partial charge in [0, 0.05) is 42.3 Å². The summed E-state index contributed by atoms with van der Waals surface area (Å²) in [7, 11) is 0. The Kier molecular flexibility index (Phi) is 4.69. The molecule has 2 heterocycles. The van der Waals surface area contributed by atoms with E-state index in [1.807, 2.05) is 43.0 Å². The number of hydrogen-bond donors (Lipinski definition) is 2. The van der Waals surface area contributed by atoms with Crippen LogP contribution in [0.4, 0.5) is 0 Å². The lowest BCUT2D eigenvalue weighted by Crippen LogP contribution is -2.46. The monoisotopic (exact) mass is 325 g/mol. The van der Waals surface area contributed by atoms with E-state index in [1.165, 1.54) is 0 Å². The van der Waals surface area contributed by atoms with E-state index in [-0.39, 0.29) is 17.9 Å². The van der Waals surface area contributed by atoms with E-state index in [1.54, 1.807) is 12.3 Å². The number of benzene rings is 1. The zero-order valence-corrected chi connectivity index (χ0v) is 14.1. The van der Waals surface area contributed by atoms with Crippen LogP contribution in [0.25, 0.3) is 10.9 Å². The minimum Gasteiger partial charge on any atom is -0.360 e. The van der Waals surface area contributed by atoms with Gasteiger partial charge in [0.2, 0.25) is 5.91 Å². The molecule has 2 amide bonds. The molecule has 3 rings (SSSR count). The Labute approximate surface area is 141 Å². The van der Waals surface area contributed by atoms with Gasteiger partial charge in [0.15, 0.2) is 0 Å². The van der Waals surface area contributed by atoms with E-state index in [0.717, 1.165) is 34.9 Å². The van der Waals surface area contributed by atoms with Gasteiger partial charge in [-0.25, -0.2) is 0 Å². The summed E-state index contributed by atoms with van der Waals surface area (Å²) in [5, 5.41) is 3.97. The van der Waals surface area contributed by atoms with E-state index in [9.17, 15) is 9.59 Å². The van der Waals surface area contributed by atoms with E-state index >= 15 is 0 Å². The Bertz CT molecular complexity index is 779. The molecule has 1 aromatic heterocycles. The topological polar surface area (TPSA) is 65.2 Å². The van der Waals surface area contributed by atoms with Crippen molar-refractivity contribution in [3.63, 3.8) is 0 Å². The predicted molar refractivity (Wildman–Crippen MR) is 94.8 cm³/mol. The van der Waals surface area contributed by atoms with Crippen molar-refractivity contribution >= 4 is 22.7 Å². The molecule has 126 valence electrons. The summed E-state index contributed by atoms with van der Waals surface area (Å²) >= 11 is 0. The van der Waals surface area contributed by atoms with Crippen LogP contribution in [0.5, 0.6) is 0 Å². The molecule has 5 nitrogen and oxygen atoms in total. The number of allylic oxidation sites excluding steroid dienone is 1. The molecule has 1 aromatic carbocycles. The van der Waals surface area contributed by atoms with Crippen molar-refractivity contribution < 1.29 is 9.59 Å². The molecule has 1 saturated heterocycles. The number of nitrogens with zero attached hydrogens (tertiary/aromatic N) is 1. The molecule has 1 fully saturated rings. The number of fused-ring (bicyclic) bond motifs is 1. The molecule has 0 unspecified atom stereocenters. The van der Waals surface area contributed by atoms with Crippen molar-refractivity contribution in [1.82, 2.24) is 15.2 Å². The van der Waals surface area contributed by atoms with Crippen molar-refractivity contribution in [1.29, 1.82) is 0 Å². The van der Waals surface area contributed by atoms with Crippen molar-refractivity contribution in [2.24, 2.45) is 0 Å². The lowest BCUT2D eigenvalue weighted by molar-refractivity contribution is -0.117. The number of rotatable bonds is 3. The van der Waals surface area contributed by atoms with Crippen LogP contribution in [0.1, 0.15) is 37.0 Å². The normalized spacial score (nSPS) is 15.3. The van der Waals surface area contributed by atoms with Crippen LogP contribution in [-0.4, -0.2) is 40.8 Å². The van der Waals surface area contributed by atoms with Gasteiger partial charge in [0.25, 0.3) is 5.91 Å². The zero-order valence-electron chi connectivity index (χ0n) is 14.1. The van der Waals surface area contributed by atoms with Gasteiger partial charge >= 0.3 is 0 Å². The SMILES string of the molecule is CC(C)=CC(=O)NC1CCN(C(=O)c2c[nH]c3ccccc23)CC1. The minimum absolute atomic E-state index is 0.0450. The van der Waals surface area contributed by atoms with Crippen molar-refractivity contribution in [2.75, 3.05) is 13.1 Å². The Morgan fingerprint density at radius 2 is 1.92 bits per heavy atom. The number of carbonyl (C=O) groups excluding carboxylic acids is 2. The van der Waals surface area contributed by atoms with E-state index < -0.39 is 0 Å². The number of nitrogens with one attached hydrogen (secondary N) is 2. The highest BCUT2D eigenvalue weighted by atomic mass is 16.2. The van der Waals surface area contributed by atoms with Gasteiger partial charge in [-0.15, -0.1) is 0 Å². The molecule has 5 heteroatoms. The van der Waals surface area contributed by atoms with Gasteiger partial charge in [0.05, 0.1) is 5.56 Å². The quantitative estimate of drug-likeness (QED) is 0.852. The summed E-state index contributed by atoms with van der Waals surface area (Å²) in [4.78, 5) is 29.6. The Balaban J connectivity index is 1.61. The largest absolute Gasteiger partial charge is 0.360 e. The first kappa shape index (κ1) is 16.3. The average molecular weight is 325 g/mol. The van der Waals surface area contributed by atoms with E-state index in [4.69, 9.17) is 0 Å². The number of hydrogen-bond acceptors (Lipinski definition) is 2. The maximum Gasteiger partial charge on any atom is 0.256 e. The van der Waals surface area contributed by atoms with Crippen LogP contribution < -0.4 is 5.32 Å². The highest BCUT2D eigenvalue weighted by molar-refractivity contribution is 6.06. The first-order valence-corrected chi connectivity index (χ1v) is 8.35. The summed E-state index contributed by atoms with van der Waals surface area (Å²) in [6.45, 7) is 5.14. The molecule has 2 N–H and O–H groups in total. The van der Waals surface area contributed by atoms with Gasteiger partial charge in [-0.2, -0.15) is 0 Å². The summed E-state index contributed by atoms with van der Waals surface area (Å²) < 4.78 is 0. The molecule has 0 saturated carbocycles. The lowest BCUT2D eigenvalue weighted by atomic mass is 10.0. The number of carbonyl (C=O) groups is 2. The minimum atomic E-state index is -0.0450. The smallest absolute Gasteiger partial charge is 0.256 e. The summed E-state index contributed by atoms with van der Waals surface area (Å²) in [6, 6.07) is 7.97. The third kappa shape index (κ3) is 3.50. The second kappa shape index (κ2) is 6.91. The number of piperidine rings is 1. The van der Waals surface area contributed by atoms with Crippen LogP contribution in [-0.2, 0) is 4.79 Å². The number of H-pyrrole nitrogens is 1. The summed E-state index contributed by atoms with van der Waals surface area (Å²) in [5.74, 6) is 0.0120. The van der Waals surface area contributed by atoms with Gasteiger partial charge < -0.3 is 15.2 Å². The molecule has 0 radical (unpaired) electrons. The van der Waals surface area contributed by atoms with Gasteiger partial charge in [-0.05, 0) is 32.8 Å². The first-order valence-electron chi connectivity index (χ1n) is 8.35. The lowest BCUT2D eigenvalue weighted by Gasteiger charge is -2.32. The average Bonchev–Trinajstić information content (AvgIpc) is 2.98. The maximum atomic E-state index is 12.8. The molecular weight excluding hydrogens is 302 g/mol. The Hall–Kier alpha value is -2.56. The van der Waals surface area contributed by atoms with Crippen molar-refractivity contribution in [3.8, 4) is 0 Å². The van der Waals surface area contributed by atoms with Gasteiger partial charge in [-0.1, -0.05) is 23.8 Å². The molecule has 0 spiro atoms. The third-order valence-electron chi connectivity index (χ3n) is 4.37. The summed E-state index contributed by atoms with van der Waals surface area (Å²) in [6.07, 6.45) is 4.98. The van der Waals surface area contributed by atoms with Crippen LogP contribution >= 0.6 is 0 Å². The third-order valence-corrected chi connectivity index (χ3v) is 4.37. The molecule has 1 aliphatic rings. The van der Waals surface area contributed by atoms with Crippen molar-refractivity contribution in [2.45, 2.75) is 32.7 Å². The predicted octanol–water partition coefficient (Wildman–Crippen LogP) is 2.85. The zero-order chi connectivity index (χ0) is 17.1. The number of para-hydroxylation sites is 1. The fourth-order valence-electron chi connectivity index (χ4n) is 3.15. The second-order valence-corrected chi connectivity index (χ2v) is 6.54. The Morgan fingerprint density at radius 3 is 2.62 bits per heavy atom. The number of aromatic nitrogens is 1. The molecule has 0 atom stereocenters. The van der Waals surface area contributed by atoms with Gasteiger partial charge in [-0.3, -0.25) is 9.59 Å². The fourth-order valence-corrected chi connectivity index (χ4v) is 3.15. The molecular formula is C19H23N3O2. The molecule has 1 aliphatic heterocycles. The fraction of sp³-hybridized carbons (Fsp3) is 0.368. The Morgan fingerprint density at radius 1 is 1.21 bits per heavy atom. The second-order valence-electron chi connectivity index (χ2n) is 6.54. The first-order chi connectivity index (χ1) is 11.5. The number of likely N-dealkylation sites (tertiary alicyclic amines) is 1. The number of amides is 2. The van der Waals surface area contributed by atoms with E-state index in [0.29, 0.717) is 13.1 Å². The van der Waals surface area contributed by atoms with Crippen LogP contribution in [0.2, 0.25) is 0 Å². The number of aromatic amines is 1. The van der Waals surface area contributed by atoms with Crippen molar-refractivity contribution in [3.05, 3.63) is 47.7 Å². The molecule has 0 bridgehead atoms. The highest BCUT2D eigenvalue weighted by Gasteiger charge is 2.25. The van der Waals surface area contributed by atoms with Crippen LogP contribution in [0, 0.1) is 0 Å². The van der Waals surface area contributed by atoms with Crippen LogP contribution in [0.3, 0.4) is 0 Å². The van der Waals surface area contributed by atoms with E-state index in [2.05, 4.69) is 10.3 Å². The standard InChI is InChI=1S/C19H23N3O2/c1-13(2)11-18(23)21-14-7-9-22(10-8-14)19(24)16-12-20-17-6-4-3-5-15(16)17/h3-6,11-12,14,20H,7-10H2,1-2H3,(H,21,23). The maximum absolute atomic E-state index is 12.8. The van der Waals surface area contributed by atoms with Crippen LogP contribution in [0.15, 0.2) is 42.1 Å². The molecule has 2 aromatic rings. The molecule has 0 aliphatic carbocycles. The summed E-state index contributed by atoms with van der Waals surface area (Å²) in [5.41, 5.74) is 2.68. The van der Waals surface area contributed by atoms with Gasteiger partial charge in [0.1, 0.15) is 0 Å². The highest BCUT2D eigenvalue weighted by Crippen LogP contribution is 2.21.